The van der Waals surface area contributed by atoms with E-state index in [1.165, 1.54) is 24.4 Å². The number of nitrogens with zero attached hydrogens (tertiary/aromatic N) is 2. The summed E-state index contributed by atoms with van der Waals surface area (Å²) in [5.41, 5.74) is 1.76. The van der Waals surface area contributed by atoms with Gasteiger partial charge in [-0.1, -0.05) is 35.5 Å². The van der Waals surface area contributed by atoms with Crippen molar-refractivity contribution in [3.63, 3.8) is 0 Å². The highest BCUT2D eigenvalue weighted by Gasteiger charge is 2.12. The first-order valence-electron chi connectivity index (χ1n) is 7.35. The third kappa shape index (κ3) is 4.45. The molecule has 6 heteroatoms. The van der Waals surface area contributed by atoms with Crippen LogP contribution in [-0.4, -0.2) is 28.4 Å². The van der Waals surface area contributed by atoms with Crippen LogP contribution < -0.4 is 5.56 Å². The van der Waals surface area contributed by atoms with Crippen LogP contribution in [-0.2, 0) is 16.1 Å². The third-order valence-corrected chi connectivity index (χ3v) is 4.20. The van der Waals surface area contributed by atoms with Gasteiger partial charge in [-0.3, -0.25) is 14.2 Å². The second-order valence-corrected chi connectivity index (χ2v) is 6.27. The molecule has 0 radical (unpaired) electrons. The molecular weight excluding hydrogens is 312 g/mol. The van der Waals surface area contributed by atoms with Crippen LogP contribution >= 0.6 is 11.8 Å². The van der Waals surface area contributed by atoms with E-state index in [4.69, 9.17) is 0 Å². The molecule has 0 saturated heterocycles. The Bertz CT molecular complexity index is 792. The number of allylic oxidation sites excluding steroid dienone is 1. The Hall–Kier alpha value is -2.08. The number of carbonyl (C=O) groups excluding carboxylic acids is 1. The van der Waals surface area contributed by atoms with Crippen LogP contribution in [0.25, 0.3) is 10.9 Å². The molecule has 0 bridgehead atoms. The number of carbonyl (C=O) groups is 1. The molecule has 0 spiro atoms. The first kappa shape index (κ1) is 17.3. The minimum atomic E-state index is -0.342. The van der Waals surface area contributed by atoms with Crippen LogP contribution in [0.15, 0.2) is 45.9 Å². The number of hydrogen-bond acceptors (Lipinski definition) is 5. The van der Waals surface area contributed by atoms with E-state index in [0.29, 0.717) is 16.1 Å². The van der Waals surface area contributed by atoms with Gasteiger partial charge in [0.25, 0.3) is 5.56 Å². The number of para-hydroxylation sites is 1. The Kier molecular flexibility index (Phi) is 5.98. The zero-order valence-corrected chi connectivity index (χ0v) is 14.4. The number of hydrogen-bond donors (Lipinski definition) is 0. The fraction of sp³-hybridized carbons (Fsp3) is 0.353. The average molecular weight is 332 g/mol. The molecule has 0 amide bonds. The van der Waals surface area contributed by atoms with E-state index in [0.717, 1.165) is 5.75 Å². The van der Waals surface area contributed by atoms with Crippen LogP contribution in [0, 0.1) is 0 Å². The van der Waals surface area contributed by atoms with Crippen LogP contribution in [0.2, 0.25) is 0 Å². The lowest BCUT2D eigenvalue weighted by Gasteiger charge is -2.12. The van der Waals surface area contributed by atoms with Crippen LogP contribution in [0.1, 0.15) is 20.3 Å². The summed E-state index contributed by atoms with van der Waals surface area (Å²) in [4.78, 5) is 28.7. The molecule has 0 aliphatic heterocycles. The second-order valence-electron chi connectivity index (χ2n) is 5.29. The highest BCUT2D eigenvalue weighted by Crippen LogP contribution is 2.18. The van der Waals surface area contributed by atoms with Crippen molar-refractivity contribution in [2.24, 2.45) is 0 Å². The summed E-state index contributed by atoms with van der Waals surface area (Å²) in [6.07, 6.45) is 2.23. The maximum Gasteiger partial charge on any atom is 0.307 e. The molecule has 0 aliphatic rings. The fourth-order valence-electron chi connectivity index (χ4n) is 2.04. The highest BCUT2D eigenvalue weighted by molar-refractivity contribution is 7.99. The van der Waals surface area contributed by atoms with E-state index >= 15 is 0 Å². The van der Waals surface area contributed by atoms with Crippen LogP contribution in [0.3, 0.4) is 0 Å². The predicted molar refractivity (Wildman–Crippen MR) is 92.8 cm³/mol. The van der Waals surface area contributed by atoms with E-state index < -0.39 is 0 Å². The first-order chi connectivity index (χ1) is 11.0. The molecule has 0 N–H and O–H groups in total. The normalized spacial score (nSPS) is 10.6. The van der Waals surface area contributed by atoms with Gasteiger partial charge in [-0.25, -0.2) is 4.98 Å². The maximum absolute atomic E-state index is 12.7. The van der Waals surface area contributed by atoms with Crippen molar-refractivity contribution in [1.29, 1.82) is 0 Å². The lowest BCUT2D eigenvalue weighted by Crippen LogP contribution is -2.25. The summed E-state index contributed by atoms with van der Waals surface area (Å²) in [7, 11) is 1.34. The summed E-state index contributed by atoms with van der Waals surface area (Å²) in [6, 6.07) is 7.25. The molecule has 23 heavy (non-hydrogen) atoms. The van der Waals surface area contributed by atoms with Crippen molar-refractivity contribution in [3.05, 3.63) is 46.3 Å². The van der Waals surface area contributed by atoms with Gasteiger partial charge in [0.1, 0.15) is 0 Å². The van der Waals surface area contributed by atoms with Crippen molar-refractivity contribution in [2.75, 3.05) is 12.9 Å². The van der Waals surface area contributed by atoms with E-state index in [1.54, 1.807) is 10.6 Å². The molecule has 2 rings (SSSR count). The minimum Gasteiger partial charge on any atom is -0.469 e. The Morgan fingerprint density at radius 3 is 2.78 bits per heavy atom. The predicted octanol–water partition coefficient (Wildman–Crippen LogP) is 3.02. The molecular formula is C17H20N2O3S. The van der Waals surface area contributed by atoms with E-state index in [2.05, 4.69) is 15.8 Å². The third-order valence-electron chi connectivity index (χ3n) is 3.30. The molecule has 0 unspecified atom stereocenters. The molecule has 0 saturated carbocycles. The molecule has 1 aromatic heterocycles. The van der Waals surface area contributed by atoms with Gasteiger partial charge in [-0.15, -0.1) is 0 Å². The van der Waals surface area contributed by atoms with Crippen molar-refractivity contribution < 1.29 is 9.53 Å². The number of thioether (sulfide) groups is 1. The Labute approximate surface area is 139 Å². The number of aromatic nitrogens is 2. The summed E-state index contributed by atoms with van der Waals surface area (Å²) >= 11 is 1.49. The van der Waals surface area contributed by atoms with Gasteiger partial charge in [0.05, 0.1) is 24.4 Å². The number of benzene rings is 1. The van der Waals surface area contributed by atoms with E-state index in [1.807, 2.05) is 32.0 Å². The van der Waals surface area contributed by atoms with Gasteiger partial charge in [0, 0.05) is 12.3 Å². The molecule has 1 aromatic carbocycles. The summed E-state index contributed by atoms with van der Waals surface area (Å²) < 4.78 is 6.22. The largest absolute Gasteiger partial charge is 0.469 e. The molecule has 1 heterocycles. The number of rotatable bonds is 6. The molecule has 0 atom stereocenters. The van der Waals surface area contributed by atoms with Crippen molar-refractivity contribution in [1.82, 2.24) is 9.55 Å². The number of methoxy groups -OCH3 is 1. The Morgan fingerprint density at radius 1 is 1.35 bits per heavy atom. The quantitative estimate of drug-likeness (QED) is 0.352. The molecule has 0 fully saturated rings. The fourth-order valence-corrected chi connectivity index (χ4v) is 3.10. The van der Waals surface area contributed by atoms with E-state index in [9.17, 15) is 9.59 Å². The maximum atomic E-state index is 12.7. The Morgan fingerprint density at radius 2 is 2.09 bits per heavy atom. The zero-order valence-electron chi connectivity index (χ0n) is 13.5. The smallest absolute Gasteiger partial charge is 0.307 e. The molecule has 122 valence electrons. The molecule has 2 aromatic rings. The second kappa shape index (κ2) is 7.97. The van der Waals surface area contributed by atoms with Crippen molar-refractivity contribution >= 4 is 28.6 Å². The number of esters is 1. The van der Waals surface area contributed by atoms with Crippen molar-refractivity contribution in [3.8, 4) is 0 Å². The van der Waals surface area contributed by atoms with Gasteiger partial charge >= 0.3 is 5.97 Å². The lowest BCUT2D eigenvalue weighted by atomic mass is 10.2. The number of fused-ring (bicyclic) bond motifs is 1. The van der Waals surface area contributed by atoms with Crippen molar-refractivity contribution in [2.45, 2.75) is 32.0 Å². The molecule has 0 aliphatic carbocycles. The zero-order chi connectivity index (χ0) is 16.8. The lowest BCUT2D eigenvalue weighted by molar-refractivity contribution is -0.140. The average Bonchev–Trinajstić information content (AvgIpc) is 2.53. The molecule has 5 nitrogen and oxygen atoms in total. The summed E-state index contributed by atoms with van der Waals surface area (Å²) in [6.45, 7) is 4.32. The summed E-state index contributed by atoms with van der Waals surface area (Å²) in [5, 5.41) is 1.18. The highest BCUT2D eigenvalue weighted by atomic mass is 32.2. The van der Waals surface area contributed by atoms with Gasteiger partial charge in [0.2, 0.25) is 0 Å². The van der Waals surface area contributed by atoms with Crippen LogP contribution in [0.5, 0.6) is 0 Å². The SMILES string of the molecule is COC(=O)CCn1c(SCC=C(C)C)nc2ccccc2c1=O. The summed E-state index contributed by atoms with van der Waals surface area (Å²) in [5.74, 6) is 0.385. The van der Waals surface area contributed by atoms with Gasteiger partial charge in [-0.2, -0.15) is 0 Å². The van der Waals surface area contributed by atoms with Gasteiger partial charge < -0.3 is 4.74 Å². The topological polar surface area (TPSA) is 61.2 Å². The minimum absolute atomic E-state index is 0.126. The first-order valence-corrected chi connectivity index (χ1v) is 8.34. The number of ether oxygens (including phenoxy) is 1. The van der Waals surface area contributed by atoms with Crippen LogP contribution in [0.4, 0.5) is 0 Å². The van der Waals surface area contributed by atoms with Gasteiger partial charge in [-0.05, 0) is 26.0 Å². The Balaban J connectivity index is 2.41. The van der Waals surface area contributed by atoms with E-state index in [-0.39, 0.29) is 24.5 Å². The monoisotopic (exact) mass is 332 g/mol. The standard InChI is InChI=1S/C17H20N2O3S/c1-12(2)9-11-23-17-18-14-7-5-4-6-13(14)16(21)19(17)10-8-15(20)22-3/h4-7,9H,8,10-11H2,1-3H3. The van der Waals surface area contributed by atoms with Gasteiger partial charge in [0.15, 0.2) is 5.16 Å².